The van der Waals surface area contributed by atoms with E-state index in [1.807, 2.05) is 24.1 Å². The van der Waals surface area contributed by atoms with Crippen LogP contribution >= 0.6 is 23.2 Å². The van der Waals surface area contributed by atoms with Crippen molar-refractivity contribution in [2.24, 2.45) is 0 Å². The lowest BCUT2D eigenvalue weighted by Gasteiger charge is -2.21. The van der Waals surface area contributed by atoms with Crippen molar-refractivity contribution in [2.75, 3.05) is 11.9 Å². The second kappa shape index (κ2) is 5.12. The lowest BCUT2D eigenvalue weighted by molar-refractivity contribution is 1.07. The van der Waals surface area contributed by atoms with Crippen LogP contribution in [0.5, 0.6) is 0 Å². The van der Waals surface area contributed by atoms with Crippen LogP contribution in [0, 0.1) is 13.8 Å². The lowest BCUT2D eigenvalue weighted by atomic mass is 10.1. The molecule has 0 aliphatic heterocycles. The van der Waals surface area contributed by atoms with Gasteiger partial charge in [0.2, 0.25) is 5.28 Å². The van der Waals surface area contributed by atoms with Crippen LogP contribution in [0.2, 0.25) is 10.4 Å². The van der Waals surface area contributed by atoms with Gasteiger partial charge in [0.25, 0.3) is 0 Å². The number of aromatic nitrogens is 2. The van der Waals surface area contributed by atoms with Crippen molar-refractivity contribution in [1.82, 2.24) is 9.97 Å². The molecule has 0 saturated carbocycles. The molecule has 0 bridgehead atoms. The normalized spacial score (nSPS) is 10.5. The minimum Gasteiger partial charge on any atom is -0.329 e. The van der Waals surface area contributed by atoms with E-state index in [0.29, 0.717) is 11.0 Å². The number of hydrogen-bond donors (Lipinski definition) is 0. The summed E-state index contributed by atoms with van der Waals surface area (Å²) in [5.74, 6) is 0.675. The zero-order chi connectivity index (χ0) is 13.3. The van der Waals surface area contributed by atoms with Crippen molar-refractivity contribution >= 4 is 34.7 Å². The SMILES string of the molecule is Cc1cccc(N(C)c2cc(Cl)nc(Cl)n2)c1C. The summed E-state index contributed by atoms with van der Waals surface area (Å²) in [6, 6.07) is 7.81. The summed E-state index contributed by atoms with van der Waals surface area (Å²) < 4.78 is 0. The Balaban J connectivity index is 2.47. The number of hydrogen-bond acceptors (Lipinski definition) is 3. The molecule has 0 unspecified atom stereocenters. The summed E-state index contributed by atoms with van der Waals surface area (Å²) >= 11 is 11.7. The highest BCUT2D eigenvalue weighted by Crippen LogP contribution is 2.28. The smallest absolute Gasteiger partial charge is 0.225 e. The first kappa shape index (κ1) is 13.1. The van der Waals surface area contributed by atoms with Crippen LogP contribution in [0.3, 0.4) is 0 Å². The van der Waals surface area contributed by atoms with E-state index in [2.05, 4.69) is 29.9 Å². The van der Waals surface area contributed by atoms with Crippen LogP contribution < -0.4 is 4.90 Å². The minimum atomic E-state index is 0.148. The molecule has 1 aromatic carbocycles. The highest BCUT2D eigenvalue weighted by molar-refractivity contribution is 6.32. The van der Waals surface area contributed by atoms with Crippen LogP contribution in [-0.2, 0) is 0 Å². The summed E-state index contributed by atoms with van der Waals surface area (Å²) in [5, 5.41) is 0.483. The summed E-state index contributed by atoms with van der Waals surface area (Å²) in [6.07, 6.45) is 0. The Morgan fingerprint density at radius 2 is 1.83 bits per heavy atom. The van der Waals surface area contributed by atoms with Crippen LogP contribution in [0.15, 0.2) is 24.3 Å². The van der Waals surface area contributed by atoms with E-state index < -0.39 is 0 Å². The number of aryl methyl sites for hydroxylation is 1. The quantitative estimate of drug-likeness (QED) is 0.611. The van der Waals surface area contributed by atoms with Crippen molar-refractivity contribution < 1.29 is 0 Å². The molecule has 1 aromatic heterocycles. The number of rotatable bonds is 2. The van der Waals surface area contributed by atoms with Crippen LogP contribution in [0.1, 0.15) is 11.1 Å². The summed E-state index contributed by atoms with van der Waals surface area (Å²) in [4.78, 5) is 9.97. The molecule has 1 heterocycles. The molecule has 3 nitrogen and oxygen atoms in total. The molecular weight excluding hydrogens is 269 g/mol. The maximum Gasteiger partial charge on any atom is 0.225 e. The van der Waals surface area contributed by atoms with Crippen LogP contribution in [0.25, 0.3) is 0 Å². The molecule has 0 aliphatic carbocycles. The summed E-state index contributed by atoms with van der Waals surface area (Å²) in [6.45, 7) is 4.15. The van der Waals surface area contributed by atoms with E-state index >= 15 is 0 Å². The zero-order valence-electron chi connectivity index (χ0n) is 10.4. The van der Waals surface area contributed by atoms with Gasteiger partial charge in [-0.1, -0.05) is 23.7 Å². The topological polar surface area (TPSA) is 29.0 Å². The molecule has 5 heteroatoms. The van der Waals surface area contributed by atoms with Crippen LogP contribution in [-0.4, -0.2) is 17.0 Å². The monoisotopic (exact) mass is 281 g/mol. The van der Waals surface area contributed by atoms with Gasteiger partial charge in [-0.15, -0.1) is 0 Å². The van der Waals surface area contributed by atoms with Crippen LogP contribution in [0.4, 0.5) is 11.5 Å². The first-order chi connectivity index (χ1) is 8.49. The number of nitrogens with zero attached hydrogens (tertiary/aromatic N) is 3. The van der Waals surface area contributed by atoms with E-state index in [1.165, 1.54) is 11.1 Å². The molecule has 18 heavy (non-hydrogen) atoms. The van der Waals surface area contributed by atoms with E-state index in [9.17, 15) is 0 Å². The van der Waals surface area contributed by atoms with Gasteiger partial charge in [-0.2, -0.15) is 0 Å². The Morgan fingerprint density at radius 1 is 1.11 bits per heavy atom. The van der Waals surface area contributed by atoms with E-state index in [-0.39, 0.29) is 5.28 Å². The average molecular weight is 282 g/mol. The van der Waals surface area contributed by atoms with Gasteiger partial charge in [0.15, 0.2) is 0 Å². The molecule has 0 aliphatic rings. The Morgan fingerprint density at radius 3 is 2.50 bits per heavy atom. The predicted molar refractivity (Wildman–Crippen MR) is 76.0 cm³/mol. The highest BCUT2D eigenvalue weighted by atomic mass is 35.5. The third-order valence-electron chi connectivity index (χ3n) is 2.94. The molecule has 0 N–H and O–H groups in total. The van der Waals surface area contributed by atoms with Crippen molar-refractivity contribution in [2.45, 2.75) is 13.8 Å². The van der Waals surface area contributed by atoms with E-state index in [1.54, 1.807) is 6.07 Å². The fourth-order valence-corrected chi connectivity index (χ4v) is 2.17. The Hall–Kier alpha value is -1.32. The van der Waals surface area contributed by atoms with Gasteiger partial charge in [0.1, 0.15) is 11.0 Å². The first-order valence-corrected chi connectivity index (χ1v) is 6.24. The third kappa shape index (κ3) is 2.57. The zero-order valence-corrected chi connectivity index (χ0v) is 11.9. The molecule has 2 aromatic rings. The molecular formula is C13H13Cl2N3. The van der Waals surface area contributed by atoms with E-state index in [0.717, 1.165) is 5.69 Å². The number of anilines is 2. The van der Waals surface area contributed by atoms with Gasteiger partial charge in [0, 0.05) is 18.8 Å². The van der Waals surface area contributed by atoms with Crippen molar-refractivity contribution in [3.63, 3.8) is 0 Å². The van der Waals surface area contributed by atoms with E-state index in [4.69, 9.17) is 23.2 Å². The fourth-order valence-electron chi connectivity index (χ4n) is 1.77. The molecule has 0 saturated heterocycles. The maximum absolute atomic E-state index is 5.89. The molecule has 0 amide bonds. The molecule has 0 atom stereocenters. The van der Waals surface area contributed by atoms with Crippen molar-refractivity contribution in [3.05, 3.63) is 45.8 Å². The first-order valence-electron chi connectivity index (χ1n) is 5.49. The van der Waals surface area contributed by atoms with Gasteiger partial charge in [0.05, 0.1) is 0 Å². The van der Waals surface area contributed by atoms with Gasteiger partial charge < -0.3 is 4.90 Å². The molecule has 0 spiro atoms. The second-order valence-electron chi connectivity index (χ2n) is 4.10. The Labute approximate surface area is 116 Å². The highest BCUT2D eigenvalue weighted by Gasteiger charge is 2.11. The fraction of sp³-hybridized carbons (Fsp3) is 0.231. The predicted octanol–water partition coefficient (Wildman–Crippen LogP) is 4.17. The molecule has 2 rings (SSSR count). The average Bonchev–Trinajstić information content (AvgIpc) is 2.30. The second-order valence-corrected chi connectivity index (χ2v) is 4.82. The van der Waals surface area contributed by atoms with Gasteiger partial charge in [-0.3, -0.25) is 0 Å². The lowest BCUT2D eigenvalue weighted by Crippen LogP contribution is -2.13. The van der Waals surface area contributed by atoms with Crippen molar-refractivity contribution in [1.29, 1.82) is 0 Å². The molecule has 0 fully saturated rings. The van der Waals surface area contributed by atoms with Gasteiger partial charge in [-0.05, 0) is 42.6 Å². The largest absolute Gasteiger partial charge is 0.329 e. The number of halogens is 2. The Bertz CT molecular complexity index is 564. The summed E-state index contributed by atoms with van der Waals surface area (Å²) in [5.41, 5.74) is 3.50. The molecule has 0 radical (unpaired) electrons. The van der Waals surface area contributed by atoms with Gasteiger partial charge in [-0.25, -0.2) is 9.97 Å². The van der Waals surface area contributed by atoms with Gasteiger partial charge >= 0.3 is 0 Å². The number of benzene rings is 1. The maximum atomic E-state index is 5.89. The standard InChI is InChI=1S/C13H13Cl2N3/c1-8-5-4-6-10(9(8)2)18(3)12-7-11(14)16-13(15)17-12/h4-7H,1-3H3. The molecule has 94 valence electrons. The Kier molecular flexibility index (Phi) is 3.73. The summed E-state index contributed by atoms with van der Waals surface area (Å²) in [7, 11) is 1.93. The van der Waals surface area contributed by atoms with Crippen molar-refractivity contribution in [3.8, 4) is 0 Å². The third-order valence-corrected chi connectivity index (χ3v) is 3.30. The minimum absolute atomic E-state index is 0.148.